The van der Waals surface area contributed by atoms with Crippen LogP contribution in [0.3, 0.4) is 0 Å². The van der Waals surface area contributed by atoms with Gasteiger partial charge in [-0.15, -0.1) is 0 Å². The normalized spacial score (nSPS) is 10.1. The van der Waals surface area contributed by atoms with Gasteiger partial charge in [0.15, 0.2) is 5.78 Å². The van der Waals surface area contributed by atoms with E-state index in [9.17, 15) is 9.18 Å². The van der Waals surface area contributed by atoms with E-state index in [1.807, 2.05) is 0 Å². The van der Waals surface area contributed by atoms with Gasteiger partial charge in [0.05, 0.1) is 5.02 Å². The first kappa shape index (κ1) is 10.8. The average Bonchev–Trinajstić information content (AvgIpc) is 2.29. The van der Waals surface area contributed by atoms with Gasteiger partial charge in [0, 0.05) is 23.5 Å². The van der Waals surface area contributed by atoms with Crippen molar-refractivity contribution in [3.63, 3.8) is 0 Å². The molecule has 80 valence electrons. The molecular weight excluding hydrogens is 229 g/mol. The Bertz CT molecular complexity index is 542. The molecule has 0 aliphatic heterocycles. The number of carbonyl (C=O) groups excluding carboxylic acids is 1. The van der Waals surface area contributed by atoms with Crippen molar-refractivity contribution in [2.75, 3.05) is 0 Å². The highest BCUT2D eigenvalue weighted by Gasteiger charge is 2.12. The lowest BCUT2D eigenvalue weighted by Crippen LogP contribution is -2.02. The molecule has 0 unspecified atom stereocenters. The van der Waals surface area contributed by atoms with Crippen LogP contribution in [0.15, 0.2) is 42.7 Å². The quantitative estimate of drug-likeness (QED) is 0.749. The Kier molecular flexibility index (Phi) is 2.97. The zero-order valence-electron chi connectivity index (χ0n) is 8.15. The van der Waals surface area contributed by atoms with Gasteiger partial charge in [0.2, 0.25) is 0 Å². The maximum absolute atomic E-state index is 12.9. The minimum Gasteiger partial charge on any atom is -0.289 e. The third-order valence-corrected chi connectivity index (χ3v) is 2.41. The zero-order valence-corrected chi connectivity index (χ0v) is 8.91. The highest BCUT2D eigenvalue weighted by atomic mass is 35.5. The third kappa shape index (κ3) is 2.09. The standard InChI is InChI=1S/C12H7ClFNO/c13-11-7-15-5-4-10(11)12(16)8-2-1-3-9(14)6-8/h1-7H. The summed E-state index contributed by atoms with van der Waals surface area (Å²) in [6.07, 6.45) is 2.85. The van der Waals surface area contributed by atoms with E-state index in [0.29, 0.717) is 5.56 Å². The Balaban J connectivity index is 2.44. The lowest BCUT2D eigenvalue weighted by Gasteiger charge is -2.02. The Hall–Kier alpha value is -1.74. The Morgan fingerprint density at radius 2 is 2.12 bits per heavy atom. The first-order valence-electron chi connectivity index (χ1n) is 4.58. The number of hydrogen-bond acceptors (Lipinski definition) is 2. The Labute approximate surface area is 96.7 Å². The van der Waals surface area contributed by atoms with E-state index >= 15 is 0 Å². The van der Waals surface area contributed by atoms with E-state index in [-0.39, 0.29) is 16.4 Å². The molecule has 0 aliphatic carbocycles. The highest BCUT2D eigenvalue weighted by Crippen LogP contribution is 2.18. The van der Waals surface area contributed by atoms with Crippen LogP contribution in [-0.2, 0) is 0 Å². The summed E-state index contributed by atoms with van der Waals surface area (Å²) in [5.74, 6) is -0.761. The Morgan fingerprint density at radius 1 is 1.31 bits per heavy atom. The Morgan fingerprint density at radius 3 is 2.81 bits per heavy atom. The smallest absolute Gasteiger partial charge is 0.194 e. The van der Waals surface area contributed by atoms with Gasteiger partial charge in [0.1, 0.15) is 5.82 Å². The molecule has 1 aromatic carbocycles. The lowest BCUT2D eigenvalue weighted by molar-refractivity contribution is 0.103. The van der Waals surface area contributed by atoms with Crippen molar-refractivity contribution >= 4 is 17.4 Å². The van der Waals surface area contributed by atoms with E-state index in [1.165, 1.54) is 36.7 Å². The average molecular weight is 236 g/mol. The molecule has 0 fully saturated rings. The van der Waals surface area contributed by atoms with Crippen LogP contribution in [0, 0.1) is 5.82 Å². The number of aromatic nitrogens is 1. The number of carbonyl (C=O) groups is 1. The summed E-state index contributed by atoms with van der Waals surface area (Å²) in [5.41, 5.74) is 0.593. The molecule has 0 bridgehead atoms. The van der Waals surface area contributed by atoms with Gasteiger partial charge in [-0.05, 0) is 18.2 Å². The fourth-order valence-electron chi connectivity index (χ4n) is 1.34. The van der Waals surface area contributed by atoms with Gasteiger partial charge in [-0.25, -0.2) is 4.39 Å². The minimum atomic E-state index is -0.448. The van der Waals surface area contributed by atoms with Crippen molar-refractivity contribution in [1.29, 1.82) is 0 Å². The maximum Gasteiger partial charge on any atom is 0.194 e. The molecule has 1 heterocycles. The molecule has 16 heavy (non-hydrogen) atoms. The predicted octanol–water partition coefficient (Wildman–Crippen LogP) is 3.11. The van der Waals surface area contributed by atoms with E-state index in [2.05, 4.69) is 4.98 Å². The van der Waals surface area contributed by atoms with Crippen molar-refractivity contribution in [3.8, 4) is 0 Å². The summed E-state index contributed by atoms with van der Waals surface area (Å²) in [6.45, 7) is 0. The fraction of sp³-hybridized carbons (Fsp3) is 0. The molecule has 4 heteroatoms. The molecule has 0 saturated heterocycles. The van der Waals surface area contributed by atoms with E-state index in [0.717, 1.165) is 0 Å². The summed E-state index contributed by atoms with van der Waals surface area (Å²) < 4.78 is 12.9. The van der Waals surface area contributed by atoms with E-state index in [1.54, 1.807) is 6.07 Å². The number of hydrogen-bond donors (Lipinski definition) is 0. The molecule has 2 nitrogen and oxygen atoms in total. The topological polar surface area (TPSA) is 30.0 Å². The summed E-state index contributed by atoms with van der Waals surface area (Å²) in [4.78, 5) is 15.7. The van der Waals surface area contributed by atoms with Crippen LogP contribution in [-0.4, -0.2) is 10.8 Å². The molecule has 0 radical (unpaired) electrons. The van der Waals surface area contributed by atoms with Crippen LogP contribution in [0.5, 0.6) is 0 Å². The minimum absolute atomic E-state index is 0.261. The second kappa shape index (κ2) is 4.41. The number of pyridine rings is 1. The van der Waals surface area contributed by atoms with Crippen LogP contribution in [0.25, 0.3) is 0 Å². The van der Waals surface area contributed by atoms with Crippen molar-refractivity contribution in [3.05, 3.63) is 64.7 Å². The van der Waals surface area contributed by atoms with Crippen LogP contribution < -0.4 is 0 Å². The van der Waals surface area contributed by atoms with Gasteiger partial charge in [-0.3, -0.25) is 9.78 Å². The molecule has 0 saturated carbocycles. The largest absolute Gasteiger partial charge is 0.289 e. The molecule has 0 aliphatic rings. The van der Waals surface area contributed by atoms with Crippen LogP contribution in [0.2, 0.25) is 5.02 Å². The van der Waals surface area contributed by atoms with Gasteiger partial charge in [-0.1, -0.05) is 23.7 Å². The second-order valence-electron chi connectivity index (χ2n) is 3.19. The number of benzene rings is 1. The summed E-state index contributed by atoms with van der Waals surface area (Å²) in [7, 11) is 0. The molecule has 0 N–H and O–H groups in total. The maximum atomic E-state index is 12.9. The summed E-state index contributed by atoms with van der Waals surface area (Å²) in [5, 5.41) is 0.261. The highest BCUT2D eigenvalue weighted by molar-refractivity contribution is 6.34. The predicted molar refractivity (Wildman–Crippen MR) is 59.1 cm³/mol. The van der Waals surface area contributed by atoms with E-state index < -0.39 is 5.82 Å². The number of halogens is 2. The van der Waals surface area contributed by atoms with Crippen LogP contribution >= 0.6 is 11.6 Å². The van der Waals surface area contributed by atoms with Gasteiger partial charge >= 0.3 is 0 Å². The summed E-state index contributed by atoms with van der Waals surface area (Å²) in [6, 6.07) is 7.00. The lowest BCUT2D eigenvalue weighted by atomic mass is 10.0. The molecular formula is C12H7ClFNO. The van der Waals surface area contributed by atoms with Gasteiger partial charge < -0.3 is 0 Å². The SMILES string of the molecule is O=C(c1cccc(F)c1)c1ccncc1Cl. The first-order valence-corrected chi connectivity index (χ1v) is 4.96. The van der Waals surface area contributed by atoms with E-state index in [4.69, 9.17) is 11.6 Å². The molecule has 0 atom stereocenters. The first-order chi connectivity index (χ1) is 7.68. The van der Waals surface area contributed by atoms with Crippen LogP contribution in [0.1, 0.15) is 15.9 Å². The molecule has 0 amide bonds. The van der Waals surface area contributed by atoms with Crippen molar-refractivity contribution in [2.45, 2.75) is 0 Å². The number of nitrogens with zero attached hydrogens (tertiary/aromatic N) is 1. The summed E-state index contributed by atoms with van der Waals surface area (Å²) >= 11 is 5.83. The zero-order chi connectivity index (χ0) is 11.5. The van der Waals surface area contributed by atoms with Gasteiger partial charge in [-0.2, -0.15) is 0 Å². The van der Waals surface area contributed by atoms with Gasteiger partial charge in [0.25, 0.3) is 0 Å². The molecule has 1 aromatic heterocycles. The monoisotopic (exact) mass is 235 g/mol. The fourth-order valence-corrected chi connectivity index (χ4v) is 1.55. The van der Waals surface area contributed by atoms with Crippen molar-refractivity contribution in [2.24, 2.45) is 0 Å². The molecule has 0 spiro atoms. The number of rotatable bonds is 2. The molecule has 2 rings (SSSR count). The molecule has 2 aromatic rings. The third-order valence-electron chi connectivity index (χ3n) is 2.10. The van der Waals surface area contributed by atoms with Crippen molar-refractivity contribution < 1.29 is 9.18 Å². The van der Waals surface area contributed by atoms with Crippen molar-refractivity contribution in [1.82, 2.24) is 4.98 Å². The number of ketones is 1. The van der Waals surface area contributed by atoms with Crippen LogP contribution in [0.4, 0.5) is 4.39 Å². The second-order valence-corrected chi connectivity index (χ2v) is 3.60.